The molecule has 3 N–H and O–H groups in total. The second-order valence-corrected chi connectivity index (χ2v) is 5.45. The molecule has 0 saturated carbocycles. The summed E-state index contributed by atoms with van der Waals surface area (Å²) in [5, 5.41) is 1.91. The number of nitrogen functional groups attached to an aromatic ring is 1. The fourth-order valence-electron chi connectivity index (χ4n) is 1.87. The predicted molar refractivity (Wildman–Crippen MR) is 86.4 cm³/mol. The van der Waals surface area contributed by atoms with Crippen LogP contribution in [-0.4, -0.2) is 27.9 Å². The van der Waals surface area contributed by atoms with Crippen molar-refractivity contribution in [2.45, 2.75) is 19.2 Å². The Morgan fingerprint density at radius 3 is 2.54 bits per heavy atom. The zero-order valence-corrected chi connectivity index (χ0v) is 13.9. The molecule has 0 aliphatic rings. The fraction of sp³-hybridized carbons (Fsp3) is 0.200. The van der Waals surface area contributed by atoms with Gasteiger partial charge in [0.25, 0.3) is 5.91 Å². The predicted octanol–water partition coefficient (Wildman–Crippen LogP) is 2.92. The van der Waals surface area contributed by atoms with Crippen LogP contribution in [0.3, 0.4) is 0 Å². The van der Waals surface area contributed by atoms with E-state index < -0.39 is 35.4 Å². The van der Waals surface area contributed by atoms with Crippen LogP contribution in [0.2, 0.25) is 5.02 Å². The highest BCUT2D eigenvalue weighted by atomic mass is 35.5. The topological polar surface area (TPSA) is 107 Å². The van der Waals surface area contributed by atoms with Crippen molar-refractivity contribution >= 4 is 35.0 Å². The Kier molecular flexibility index (Phi) is 5.66. The number of benzene rings is 1. The highest BCUT2D eigenvalue weighted by Crippen LogP contribution is 2.36. The van der Waals surface area contributed by atoms with Crippen LogP contribution in [0.25, 0.3) is 0 Å². The Morgan fingerprint density at radius 2 is 1.92 bits per heavy atom. The summed E-state index contributed by atoms with van der Waals surface area (Å²) in [4.78, 5) is 31.3. The van der Waals surface area contributed by atoms with Crippen molar-refractivity contribution in [3.63, 3.8) is 0 Å². The third-order valence-corrected chi connectivity index (χ3v) is 3.35. The SMILES string of the molecule is CC(OC(=O)c1nccnc1N)C(=O)Nc1ccc(Cl)cc1C(F)(F)F. The number of hydrogen-bond donors (Lipinski definition) is 2. The highest BCUT2D eigenvalue weighted by Gasteiger charge is 2.34. The molecule has 1 unspecified atom stereocenters. The average molecular weight is 389 g/mol. The molecule has 2 rings (SSSR count). The van der Waals surface area contributed by atoms with Crippen LogP contribution in [-0.2, 0) is 15.7 Å². The van der Waals surface area contributed by atoms with Gasteiger partial charge in [0.15, 0.2) is 17.6 Å². The minimum Gasteiger partial charge on any atom is -0.448 e. The van der Waals surface area contributed by atoms with Gasteiger partial charge >= 0.3 is 12.1 Å². The second kappa shape index (κ2) is 7.56. The van der Waals surface area contributed by atoms with E-state index in [1.54, 1.807) is 0 Å². The molecule has 0 aliphatic heterocycles. The highest BCUT2D eigenvalue weighted by molar-refractivity contribution is 6.30. The van der Waals surface area contributed by atoms with Crippen molar-refractivity contribution in [2.75, 3.05) is 11.1 Å². The number of alkyl halides is 3. The molecule has 2 aromatic rings. The number of ether oxygens (including phenoxy) is 1. The lowest BCUT2D eigenvalue weighted by Crippen LogP contribution is -2.31. The standard InChI is InChI=1S/C15H12ClF3N4O3/c1-7(26-14(25)11-12(20)22-5-4-21-11)13(24)23-10-3-2-8(16)6-9(10)15(17,18)19/h2-7H,1H3,(H2,20,22)(H,23,24). The van der Waals surface area contributed by atoms with Gasteiger partial charge in [-0.05, 0) is 25.1 Å². The Balaban J connectivity index is 2.13. The van der Waals surface area contributed by atoms with E-state index >= 15 is 0 Å². The van der Waals surface area contributed by atoms with Crippen LogP contribution in [0, 0.1) is 0 Å². The Bertz CT molecular complexity index is 845. The van der Waals surface area contributed by atoms with Gasteiger partial charge in [-0.15, -0.1) is 0 Å². The quantitative estimate of drug-likeness (QED) is 0.780. The molecule has 11 heteroatoms. The van der Waals surface area contributed by atoms with Gasteiger partial charge in [0.1, 0.15) is 0 Å². The minimum absolute atomic E-state index is 0.145. The van der Waals surface area contributed by atoms with Gasteiger partial charge in [-0.25, -0.2) is 14.8 Å². The van der Waals surface area contributed by atoms with E-state index in [0.29, 0.717) is 6.07 Å². The molecule has 0 bridgehead atoms. The third-order valence-electron chi connectivity index (χ3n) is 3.12. The lowest BCUT2D eigenvalue weighted by Gasteiger charge is -2.17. The third kappa shape index (κ3) is 4.60. The maximum Gasteiger partial charge on any atom is 0.418 e. The van der Waals surface area contributed by atoms with Gasteiger partial charge < -0.3 is 15.8 Å². The van der Waals surface area contributed by atoms with Gasteiger partial charge in [-0.1, -0.05) is 11.6 Å². The average Bonchev–Trinajstić information content (AvgIpc) is 2.55. The maximum absolute atomic E-state index is 13.0. The van der Waals surface area contributed by atoms with Crippen molar-refractivity contribution in [3.05, 3.63) is 46.9 Å². The summed E-state index contributed by atoms with van der Waals surface area (Å²) in [5.41, 5.74) is 3.51. The fourth-order valence-corrected chi connectivity index (χ4v) is 2.04. The number of nitrogens with two attached hydrogens (primary N) is 1. The monoisotopic (exact) mass is 388 g/mol. The number of halogens is 4. The van der Waals surface area contributed by atoms with E-state index in [4.69, 9.17) is 22.1 Å². The Hall–Kier alpha value is -2.88. The number of aromatic nitrogens is 2. The van der Waals surface area contributed by atoms with Gasteiger partial charge in [0.05, 0.1) is 11.3 Å². The summed E-state index contributed by atoms with van der Waals surface area (Å²) in [7, 11) is 0. The molecule has 1 aromatic carbocycles. The van der Waals surface area contributed by atoms with Crippen LogP contribution in [0.5, 0.6) is 0 Å². The van der Waals surface area contributed by atoms with Crippen LogP contribution < -0.4 is 11.1 Å². The van der Waals surface area contributed by atoms with E-state index in [1.165, 1.54) is 25.4 Å². The maximum atomic E-state index is 13.0. The molecule has 0 radical (unpaired) electrons. The summed E-state index contributed by atoms with van der Waals surface area (Å²) >= 11 is 5.57. The van der Waals surface area contributed by atoms with E-state index in [0.717, 1.165) is 6.07 Å². The van der Waals surface area contributed by atoms with E-state index in [2.05, 4.69) is 15.3 Å². The first kappa shape index (κ1) is 19.4. The Labute approximate surface area is 150 Å². The van der Waals surface area contributed by atoms with Gasteiger partial charge in [0, 0.05) is 17.4 Å². The number of rotatable bonds is 4. The normalized spacial score (nSPS) is 12.3. The lowest BCUT2D eigenvalue weighted by molar-refractivity contribution is -0.137. The molecule has 1 atom stereocenters. The smallest absolute Gasteiger partial charge is 0.418 e. The van der Waals surface area contributed by atoms with E-state index in [1.807, 2.05) is 0 Å². The van der Waals surface area contributed by atoms with Crippen LogP contribution >= 0.6 is 11.6 Å². The number of nitrogens with zero attached hydrogens (tertiary/aromatic N) is 2. The summed E-state index contributed by atoms with van der Waals surface area (Å²) in [6.07, 6.45) is -3.70. The first-order chi connectivity index (χ1) is 12.1. The van der Waals surface area contributed by atoms with Gasteiger partial charge in [0.2, 0.25) is 0 Å². The zero-order chi connectivity index (χ0) is 19.5. The van der Waals surface area contributed by atoms with E-state index in [9.17, 15) is 22.8 Å². The number of esters is 1. The van der Waals surface area contributed by atoms with Gasteiger partial charge in [-0.2, -0.15) is 13.2 Å². The van der Waals surface area contributed by atoms with E-state index in [-0.39, 0.29) is 16.5 Å². The molecule has 0 spiro atoms. The largest absolute Gasteiger partial charge is 0.448 e. The van der Waals surface area contributed by atoms with Crippen molar-refractivity contribution < 1.29 is 27.5 Å². The van der Waals surface area contributed by atoms with Crippen LogP contribution in [0.1, 0.15) is 23.0 Å². The number of anilines is 2. The van der Waals surface area contributed by atoms with Crippen molar-refractivity contribution in [2.24, 2.45) is 0 Å². The summed E-state index contributed by atoms with van der Waals surface area (Å²) in [6.45, 7) is 1.18. The molecule has 0 aliphatic carbocycles. The molecule has 1 amide bonds. The number of amides is 1. The first-order valence-corrected chi connectivity index (χ1v) is 7.42. The zero-order valence-electron chi connectivity index (χ0n) is 13.2. The molecular formula is C15H12ClF3N4O3. The molecule has 138 valence electrons. The summed E-state index contributed by atoms with van der Waals surface area (Å²) < 4.78 is 44.0. The molecule has 1 aromatic heterocycles. The minimum atomic E-state index is -4.73. The van der Waals surface area contributed by atoms with Crippen LogP contribution in [0.4, 0.5) is 24.7 Å². The number of carbonyl (C=O) groups excluding carboxylic acids is 2. The van der Waals surface area contributed by atoms with Crippen molar-refractivity contribution in [3.8, 4) is 0 Å². The molecule has 26 heavy (non-hydrogen) atoms. The van der Waals surface area contributed by atoms with Gasteiger partial charge in [-0.3, -0.25) is 4.79 Å². The molecular weight excluding hydrogens is 377 g/mol. The molecule has 0 saturated heterocycles. The van der Waals surface area contributed by atoms with Crippen molar-refractivity contribution in [1.29, 1.82) is 0 Å². The molecule has 1 heterocycles. The summed E-state index contributed by atoms with van der Waals surface area (Å²) in [6, 6.07) is 2.86. The van der Waals surface area contributed by atoms with Crippen molar-refractivity contribution in [1.82, 2.24) is 9.97 Å². The number of hydrogen-bond acceptors (Lipinski definition) is 6. The molecule has 7 nitrogen and oxygen atoms in total. The lowest BCUT2D eigenvalue weighted by atomic mass is 10.1. The van der Waals surface area contributed by atoms with Crippen LogP contribution in [0.15, 0.2) is 30.6 Å². The number of carbonyl (C=O) groups is 2. The number of nitrogens with one attached hydrogen (secondary N) is 1. The summed E-state index contributed by atoms with van der Waals surface area (Å²) in [5.74, 6) is -2.22. The first-order valence-electron chi connectivity index (χ1n) is 7.04. The Morgan fingerprint density at radius 1 is 1.27 bits per heavy atom. The molecule has 0 fully saturated rings. The second-order valence-electron chi connectivity index (χ2n) is 5.01.